The van der Waals surface area contributed by atoms with E-state index < -0.39 is 36.8 Å². The molecule has 1 aliphatic rings. The van der Waals surface area contributed by atoms with E-state index in [4.69, 9.17) is 9.84 Å². The van der Waals surface area contributed by atoms with E-state index in [0.717, 1.165) is 0 Å². The number of H-pyrrole nitrogens is 1. The highest BCUT2D eigenvalue weighted by molar-refractivity contribution is 5.82. The van der Waals surface area contributed by atoms with E-state index in [1.165, 1.54) is 10.9 Å². The first-order valence-corrected chi connectivity index (χ1v) is 6.34. The molecule has 2 aromatic rings. The van der Waals surface area contributed by atoms with Gasteiger partial charge in [-0.05, 0) is 0 Å². The van der Waals surface area contributed by atoms with Gasteiger partial charge in [0.25, 0.3) is 0 Å². The molecule has 0 bridgehead atoms. The topological polar surface area (TPSA) is 146 Å². The summed E-state index contributed by atoms with van der Waals surface area (Å²) in [6, 6.07) is 0. The highest BCUT2D eigenvalue weighted by Gasteiger charge is 2.44. The molecule has 114 valence electrons. The van der Waals surface area contributed by atoms with Crippen molar-refractivity contribution in [2.75, 3.05) is 19.0 Å². The lowest BCUT2D eigenvalue weighted by Gasteiger charge is -2.16. The van der Waals surface area contributed by atoms with Gasteiger partial charge in [-0.25, -0.2) is 9.78 Å². The van der Waals surface area contributed by atoms with Gasteiger partial charge in [0.15, 0.2) is 11.9 Å². The molecule has 1 aliphatic heterocycles. The molecule has 0 radical (unpaired) electrons. The fourth-order valence-corrected chi connectivity index (χ4v) is 2.41. The Hall–Kier alpha value is -2.01. The van der Waals surface area contributed by atoms with Crippen LogP contribution < -0.4 is 11.0 Å². The van der Waals surface area contributed by atoms with Gasteiger partial charge in [-0.2, -0.15) is 4.98 Å². The number of ether oxygens (including phenoxy) is 1. The van der Waals surface area contributed by atoms with E-state index >= 15 is 0 Å². The number of aromatic nitrogens is 4. The minimum absolute atomic E-state index is 0.206. The summed E-state index contributed by atoms with van der Waals surface area (Å²) in [4.78, 5) is 22.0. The monoisotopic (exact) mass is 297 g/mol. The minimum Gasteiger partial charge on any atom is -0.394 e. The maximum absolute atomic E-state index is 11.6. The molecule has 4 unspecified atom stereocenters. The van der Waals surface area contributed by atoms with E-state index in [1.54, 1.807) is 7.05 Å². The van der Waals surface area contributed by atoms with Crippen molar-refractivity contribution >= 4 is 17.0 Å². The number of imidazole rings is 1. The van der Waals surface area contributed by atoms with Gasteiger partial charge in [-0.1, -0.05) is 0 Å². The van der Waals surface area contributed by atoms with Crippen LogP contribution in [0.1, 0.15) is 6.23 Å². The van der Waals surface area contributed by atoms with Crippen molar-refractivity contribution in [3.8, 4) is 0 Å². The van der Waals surface area contributed by atoms with Crippen molar-refractivity contribution in [2.24, 2.45) is 0 Å². The molecule has 10 nitrogen and oxygen atoms in total. The number of nitrogens with one attached hydrogen (secondary N) is 2. The molecule has 0 aliphatic carbocycles. The third-order valence-electron chi connectivity index (χ3n) is 3.49. The van der Waals surface area contributed by atoms with Crippen LogP contribution in [-0.2, 0) is 4.74 Å². The van der Waals surface area contributed by atoms with Crippen LogP contribution in [0.4, 0.5) is 5.82 Å². The lowest BCUT2D eigenvalue weighted by molar-refractivity contribution is -0.0511. The average Bonchev–Trinajstić information content (AvgIpc) is 3.01. The van der Waals surface area contributed by atoms with Crippen LogP contribution >= 0.6 is 0 Å². The minimum atomic E-state index is -1.27. The van der Waals surface area contributed by atoms with Gasteiger partial charge in [-0.3, -0.25) is 9.55 Å². The van der Waals surface area contributed by atoms with Crippen molar-refractivity contribution in [2.45, 2.75) is 24.5 Å². The Bertz CT molecular complexity index is 713. The fourth-order valence-electron chi connectivity index (χ4n) is 2.41. The summed E-state index contributed by atoms with van der Waals surface area (Å²) in [6.45, 7) is -0.433. The van der Waals surface area contributed by atoms with E-state index in [-0.39, 0.29) is 5.65 Å². The molecule has 0 aromatic carbocycles. The number of fused-ring (bicyclic) bond motifs is 1. The van der Waals surface area contributed by atoms with Gasteiger partial charge >= 0.3 is 5.69 Å². The Balaban J connectivity index is 2.10. The fraction of sp³-hybridized carbons (Fsp3) is 0.545. The SMILES string of the molecule is CNc1[nH]c(=O)nc2c1ncn2C1OC(CO)C(O)C1O. The molecule has 2 aromatic heterocycles. The standard InChI is InChI=1S/C11H15N5O5/c1-12-8-5-9(15-11(20)14-8)16(3-13-5)10-7(19)6(18)4(2-17)21-10/h3-4,6-7,10,17-19H,2H2,1H3,(H2,12,14,15,20). The Morgan fingerprint density at radius 1 is 1.48 bits per heavy atom. The molecular weight excluding hydrogens is 282 g/mol. The van der Waals surface area contributed by atoms with Crippen LogP contribution in [0.2, 0.25) is 0 Å². The van der Waals surface area contributed by atoms with Crippen molar-refractivity contribution < 1.29 is 20.1 Å². The summed E-state index contributed by atoms with van der Waals surface area (Å²) in [6.07, 6.45) is -3.04. The lowest BCUT2D eigenvalue weighted by Crippen LogP contribution is -2.33. The van der Waals surface area contributed by atoms with Crippen LogP contribution in [0.25, 0.3) is 11.2 Å². The predicted octanol–water partition coefficient (Wildman–Crippen LogP) is -2.23. The quantitative estimate of drug-likeness (QED) is 0.428. The highest BCUT2D eigenvalue weighted by atomic mass is 16.6. The van der Waals surface area contributed by atoms with Crippen molar-refractivity contribution in [1.82, 2.24) is 19.5 Å². The van der Waals surface area contributed by atoms with E-state index in [1.807, 2.05) is 0 Å². The van der Waals surface area contributed by atoms with Crippen LogP contribution in [0.5, 0.6) is 0 Å². The zero-order valence-corrected chi connectivity index (χ0v) is 11.1. The van der Waals surface area contributed by atoms with Crippen LogP contribution in [0, 0.1) is 0 Å². The third kappa shape index (κ3) is 2.08. The zero-order valence-electron chi connectivity index (χ0n) is 11.1. The summed E-state index contributed by atoms with van der Waals surface area (Å²) >= 11 is 0. The van der Waals surface area contributed by atoms with E-state index in [9.17, 15) is 15.0 Å². The summed E-state index contributed by atoms with van der Waals surface area (Å²) in [5.41, 5.74) is 0.0214. The summed E-state index contributed by atoms with van der Waals surface area (Å²) < 4.78 is 6.76. The number of aliphatic hydroxyl groups is 3. The van der Waals surface area contributed by atoms with Crippen molar-refractivity contribution in [3.05, 3.63) is 16.8 Å². The van der Waals surface area contributed by atoms with Crippen LogP contribution in [-0.4, -0.2) is 66.8 Å². The number of aliphatic hydroxyl groups excluding tert-OH is 3. The Morgan fingerprint density at radius 3 is 2.86 bits per heavy atom. The summed E-state index contributed by atoms with van der Waals surface area (Å²) in [5.74, 6) is 0.385. The number of hydrogen-bond acceptors (Lipinski definition) is 8. The Morgan fingerprint density at radius 2 is 2.24 bits per heavy atom. The van der Waals surface area contributed by atoms with Gasteiger partial charge in [0, 0.05) is 7.05 Å². The lowest BCUT2D eigenvalue weighted by atomic mass is 10.1. The van der Waals surface area contributed by atoms with Crippen molar-refractivity contribution in [1.29, 1.82) is 0 Å². The second-order valence-corrected chi connectivity index (χ2v) is 4.72. The third-order valence-corrected chi connectivity index (χ3v) is 3.49. The zero-order chi connectivity index (χ0) is 15.1. The smallest absolute Gasteiger partial charge is 0.348 e. The largest absolute Gasteiger partial charge is 0.394 e. The Labute approximate surface area is 118 Å². The number of hydrogen-bond donors (Lipinski definition) is 5. The van der Waals surface area contributed by atoms with E-state index in [0.29, 0.717) is 11.3 Å². The molecule has 4 atom stereocenters. The molecule has 0 amide bonds. The molecule has 5 N–H and O–H groups in total. The molecular formula is C11H15N5O5. The van der Waals surface area contributed by atoms with Crippen molar-refractivity contribution in [3.63, 3.8) is 0 Å². The normalized spacial score (nSPS) is 29.1. The molecule has 10 heteroatoms. The molecule has 0 saturated carbocycles. The Kier molecular flexibility index (Phi) is 3.37. The first kappa shape index (κ1) is 13.9. The second-order valence-electron chi connectivity index (χ2n) is 4.72. The predicted molar refractivity (Wildman–Crippen MR) is 70.7 cm³/mol. The van der Waals surface area contributed by atoms with Gasteiger partial charge < -0.3 is 25.4 Å². The first-order valence-electron chi connectivity index (χ1n) is 6.34. The average molecular weight is 297 g/mol. The summed E-state index contributed by atoms with van der Waals surface area (Å²) in [5, 5.41) is 31.7. The highest BCUT2D eigenvalue weighted by Crippen LogP contribution is 2.31. The summed E-state index contributed by atoms with van der Waals surface area (Å²) in [7, 11) is 1.62. The van der Waals surface area contributed by atoms with E-state index in [2.05, 4.69) is 20.3 Å². The number of aromatic amines is 1. The number of anilines is 1. The van der Waals surface area contributed by atoms with Gasteiger partial charge in [0.2, 0.25) is 0 Å². The van der Waals surface area contributed by atoms with Crippen LogP contribution in [0.3, 0.4) is 0 Å². The molecule has 3 heterocycles. The van der Waals surface area contributed by atoms with Gasteiger partial charge in [0.1, 0.15) is 29.6 Å². The molecule has 21 heavy (non-hydrogen) atoms. The number of nitrogens with zero attached hydrogens (tertiary/aromatic N) is 3. The maximum atomic E-state index is 11.6. The van der Waals surface area contributed by atoms with Gasteiger partial charge in [0.05, 0.1) is 12.9 Å². The number of rotatable bonds is 3. The molecule has 0 spiro atoms. The molecule has 3 rings (SSSR count). The van der Waals surface area contributed by atoms with Crippen LogP contribution in [0.15, 0.2) is 11.1 Å². The second kappa shape index (κ2) is 5.07. The molecule has 1 saturated heterocycles. The molecule has 1 fully saturated rings. The first-order chi connectivity index (χ1) is 10.1. The maximum Gasteiger partial charge on any atom is 0.348 e. The van der Waals surface area contributed by atoms with Gasteiger partial charge in [-0.15, -0.1) is 0 Å².